The molecule has 0 aliphatic rings. The maximum absolute atomic E-state index is 10.5. The first-order valence-corrected chi connectivity index (χ1v) is 4.95. The standard InChI is InChI=1S/C8H6N2O4S/c11-8(12)5-1-2-7(14-5)15-3-6-9-4-13-10-6/h1-2,4H,3H2,(H,11,12). The van der Waals surface area contributed by atoms with Crippen LogP contribution in [0.5, 0.6) is 0 Å². The van der Waals surface area contributed by atoms with Crippen molar-refractivity contribution < 1.29 is 18.8 Å². The van der Waals surface area contributed by atoms with E-state index in [1.165, 1.54) is 24.2 Å². The molecule has 0 atom stereocenters. The number of carboxylic acid groups (broad SMARTS) is 1. The second-order valence-electron chi connectivity index (χ2n) is 2.56. The van der Waals surface area contributed by atoms with E-state index in [1.54, 1.807) is 6.07 Å². The molecule has 0 aliphatic carbocycles. The van der Waals surface area contributed by atoms with E-state index in [4.69, 9.17) is 9.52 Å². The molecular weight excluding hydrogens is 220 g/mol. The van der Waals surface area contributed by atoms with Gasteiger partial charge in [0.1, 0.15) is 0 Å². The Bertz CT molecular complexity index is 451. The Balaban J connectivity index is 1.96. The van der Waals surface area contributed by atoms with Crippen LogP contribution in [-0.4, -0.2) is 21.2 Å². The molecule has 6 nitrogen and oxygen atoms in total. The van der Waals surface area contributed by atoms with E-state index in [9.17, 15) is 4.79 Å². The van der Waals surface area contributed by atoms with Crippen LogP contribution in [-0.2, 0) is 5.75 Å². The van der Waals surface area contributed by atoms with Crippen LogP contribution < -0.4 is 0 Å². The molecule has 7 heteroatoms. The highest BCUT2D eigenvalue weighted by Crippen LogP contribution is 2.23. The fourth-order valence-corrected chi connectivity index (χ4v) is 1.62. The fourth-order valence-electron chi connectivity index (χ4n) is 0.904. The summed E-state index contributed by atoms with van der Waals surface area (Å²) in [6.07, 6.45) is 1.24. The molecule has 78 valence electrons. The highest BCUT2D eigenvalue weighted by Gasteiger charge is 2.09. The quantitative estimate of drug-likeness (QED) is 0.792. The average molecular weight is 226 g/mol. The first-order chi connectivity index (χ1) is 7.25. The van der Waals surface area contributed by atoms with Gasteiger partial charge in [0.05, 0.1) is 5.75 Å². The SMILES string of the molecule is O=C(O)c1ccc(SCc2ncon2)o1. The number of aromatic nitrogens is 2. The molecule has 0 aromatic carbocycles. The largest absolute Gasteiger partial charge is 0.475 e. The zero-order valence-electron chi connectivity index (χ0n) is 7.41. The zero-order valence-corrected chi connectivity index (χ0v) is 8.23. The van der Waals surface area contributed by atoms with Crippen molar-refractivity contribution in [2.45, 2.75) is 10.8 Å². The van der Waals surface area contributed by atoms with Gasteiger partial charge in [0.25, 0.3) is 0 Å². The highest BCUT2D eigenvalue weighted by atomic mass is 32.2. The van der Waals surface area contributed by atoms with Gasteiger partial charge in [-0.2, -0.15) is 4.98 Å². The number of hydrogen-bond acceptors (Lipinski definition) is 6. The van der Waals surface area contributed by atoms with E-state index in [2.05, 4.69) is 14.7 Å². The molecule has 0 amide bonds. The molecular formula is C8H6N2O4S. The topological polar surface area (TPSA) is 89.4 Å². The number of thioether (sulfide) groups is 1. The van der Waals surface area contributed by atoms with Gasteiger partial charge in [-0.3, -0.25) is 0 Å². The van der Waals surface area contributed by atoms with E-state index in [0.29, 0.717) is 16.7 Å². The Morgan fingerprint density at radius 2 is 2.40 bits per heavy atom. The summed E-state index contributed by atoms with van der Waals surface area (Å²) >= 11 is 1.30. The van der Waals surface area contributed by atoms with Crippen LogP contribution in [0.4, 0.5) is 0 Å². The summed E-state index contributed by atoms with van der Waals surface area (Å²) in [7, 11) is 0. The number of nitrogens with zero attached hydrogens (tertiary/aromatic N) is 2. The van der Waals surface area contributed by atoms with Gasteiger partial charge in [-0.25, -0.2) is 4.79 Å². The minimum Gasteiger partial charge on any atom is -0.475 e. The van der Waals surface area contributed by atoms with E-state index in [-0.39, 0.29) is 5.76 Å². The first-order valence-electron chi connectivity index (χ1n) is 3.97. The molecule has 0 bridgehead atoms. The van der Waals surface area contributed by atoms with Gasteiger partial charge < -0.3 is 14.0 Å². The van der Waals surface area contributed by atoms with Crippen molar-refractivity contribution >= 4 is 17.7 Å². The minimum atomic E-state index is -1.08. The van der Waals surface area contributed by atoms with Gasteiger partial charge >= 0.3 is 5.97 Å². The number of hydrogen-bond donors (Lipinski definition) is 1. The smallest absolute Gasteiger partial charge is 0.371 e. The molecule has 2 aromatic rings. The molecule has 2 heterocycles. The first kappa shape index (κ1) is 9.78. The molecule has 0 unspecified atom stereocenters. The highest BCUT2D eigenvalue weighted by molar-refractivity contribution is 7.98. The third kappa shape index (κ3) is 2.38. The maximum Gasteiger partial charge on any atom is 0.371 e. The van der Waals surface area contributed by atoms with Crippen molar-refractivity contribution in [2.24, 2.45) is 0 Å². The lowest BCUT2D eigenvalue weighted by Gasteiger charge is -1.91. The Hall–Kier alpha value is -1.76. The van der Waals surface area contributed by atoms with Crippen molar-refractivity contribution in [3.8, 4) is 0 Å². The zero-order chi connectivity index (χ0) is 10.7. The van der Waals surface area contributed by atoms with E-state index in [0.717, 1.165) is 0 Å². The monoisotopic (exact) mass is 226 g/mol. The second-order valence-corrected chi connectivity index (χ2v) is 3.54. The van der Waals surface area contributed by atoms with Crippen LogP contribution in [0.15, 0.2) is 32.6 Å². The van der Waals surface area contributed by atoms with Crippen LogP contribution in [0.25, 0.3) is 0 Å². The van der Waals surface area contributed by atoms with Crippen molar-refractivity contribution in [3.05, 3.63) is 30.1 Å². The number of rotatable bonds is 4. The summed E-state index contributed by atoms with van der Waals surface area (Å²) in [6, 6.07) is 3.00. The normalized spacial score (nSPS) is 10.4. The molecule has 0 fully saturated rings. The molecule has 0 saturated heterocycles. The Morgan fingerprint density at radius 3 is 3.00 bits per heavy atom. The number of carbonyl (C=O) groups is 1. The van der Waals surface area contributed by atoms with Crippen LogP contribution >= 0.6 is 11.8 Å². The summed E-state index contributed by atoms with van der Waals surface area (Å²) in [4.78, 5) is 14.3. The maximum atomic E-state index is 10.5. The summed E-state index contributed by atoms with van der Waals surface area (Å²) in [5.74, 6) is -0.149. The molecule has 2 aromatic heterocycles. The van der Waals surface area contributed by atoms with Crippen molar-refractivity contribution in [3.63, 3.8) is 0 Å². The van der Waals surface area contributed by atoms with E-state index < -0.39 is 5.97 Å². The average Bonchev–Trinajstić information content (AvgIpc) is 2.86. The predicted molar refractivity (Wildman–Crippen MR) is 49.5 cm³/mol. The minimum absolute atomic E-state index is 0.0781. The van der Waals surface area contributed by atoms with Gasteiger partial charge in [-0.1, -0.05) is 16.9 Å². The summed E-state index contributed by atoms with van der Waals surface area (Å²) in [5, 5.41) is 12.7. The molecule has 15 heavy (non-hydrogen) atoms. The molecule has 2 rings (SSSR count). The Labute approximate surface area is 88.3 Å². The van der Waals surface area contributed by atoms with E-state index >= 15 is 0 Å². The third-order valence-electron chi connectivity index (χ3n) is 1.54. The van der Waals surface area contributed by atoms with Gasteiger partial charge in [-0.05, 0) is 12.1 Å². The van der Waals surface area contributed by atoms with Crippen LogP contribution in [0.1, 0.15) is 16.4 Å². The third-order valence-corrected chi connectivity index (χ3v) is 2.45. The molecule has 0 aliphatic heterocycles. The fraction of sp³-hybridized carbons (Fsp3) is 0.125. The Morgan fingerprint density at radius 1 is 1.53 bits per heavy atom. The van der Waals surface area contributed by atoms with Crippen LogP contribution in [0.2, 0.25) is 0 Å². The molecule has 0 saturated carbocycles. The van der Waals surface area contributed by atoms with Crippen LogP contribution in [0, 0.1) is 0 Å². The van der Waals surface area contributed by atoms with Crippen molar-refractivity contribution in [2.75, 3.05) is 0 Å². The number of aromatic carboxylic acids is 1. The van der Waals surface area contributed by atoms with Gasteiger partial charge in [0, 0.05) is 0 Å². The lowest BCUT2D eigenvalue weighted by Crippen LogP contribution is -1.91. The van der Waals surface area contributed by atoms with Crippen molar-refractivity contribution in [1.82, 2.24) is 10.1 Å². The second kappa shape index (κ2) is 4.18. The predicted octanol–water partition coefficient (Wildman–Crippen LogP) is 1.65. The molecule has 0 spiro atoms. The summed E-state index contributed by atoms with van der Waals surface area (Å²) in [6.45, 7) is 0. The van der Waals surface area contributed by atoms with Gasteiger partial charge in [0.2, 0.25) is 12.2 Å². The van der Waals surface area contributed by atoms with Crippen LogP contribution in [0.3, 0.4) is 0 Å². The van der Waals surface area contributed by atoms with Crippen molar-refractivity contribution in [1.29, 1.82) is 0 Å². The lowest BCUT2D eigenvalue weighted by molar-refractivity contribution is 0.0656. The summed E-state index contributed by atoms with van der Waals surface area (Å²) in [5.41, 5.74) is 0. The lowest BCUT2D eigenvalue weighted by atomic mass is 10.5. The molecule has 1 N–H and O–H groups in total. The van der Waals surface area contributed by atoms with Gasteiger partial charge in [0.15, 0.2) is 10.9 Å². The number of furan rings is 1. The van der Waals surface area contributed by atoms with Gasteiger partial charge in [-0.15, -0.1) is 0 Å². The Kier molecular flexibility index (Phi) is 2.72. The molecule has 0 radical (unpaired) electrons. The summed E-state index contributed by atoms with van der Waals surface area (Å²) < 4.78 is 9.57. The van der Waals surface area contributed by atoms with E-state index in [1.807, 2.05) is 0 Å². The number of carboxylic acids is 1.